The van der Waals surface area contributed by atoms with Crippen LogP contribution in [0.3, 0.4) is 0 Å². The highest BCUT2D eigenvalue weighted by Gasteiger charge is 2.39. The molecule has 0 spiro atoms. The number of rotatable bonds is 6. The topological polar surface area (TPSA) is 46.2 Å². The zero-order valence-corrected chi connectivity index (χ0v) is 11.6. The van der Waals surface area contributed by atoms with Crippen molar-refractivity contribution < 1.29 is 21.6 Å². The Morgan fingerprint density at radius 2 is 1.88 bits per heavy atom. The average molecular weight is 338 g/mol. The van der Waals surface area contributed by atoms with Crippen molar-refractivity contribution in [3.63, 3.8) is 0 Å². The second kappa shape index (κ2) is 5.44. The molecule has 1 aliphatic rings. The van der Waals surface area contributed by atoms with Gasteiger partial charge in [-0.3, -0.25) is 0 Å². The first kappa shape index (κ1) is 15.2. The van der Waals surface area contributed by atoms with E-state index in [0.717, 1.165) is 19.3 Å². The molecule has 0 heterocycles. The van der Waals surface area contributed by atoms with E-state index in [-0.39, 0.29) is 0 Å². The summed E-state index contributed by atoms with van der Waals surface area (Å²) >= 11 is 3.23. The molecule has 1 aliphatic carbocycles. The van der Waals surface area contributed by atoms with E-state index in [1.54, 1.807) is 0 Å². The molecule has 1 rings (SSSR count). The minimum absolute atomic E-state index is 0.392. The van der Waals surface area contributed by atoms with Gasteiger partial charge in [0.1, 0.15) is 0 Å². The van der Waals surface area contributed by atoms with Gasteiger partial charge in [-0.05, 0) is 25.7 Å². The SMILES string of the molecule is O=S(=O)(CCCC(F)(F)F)NC1(CBr)CCC1. The smallest absolute Gasteiger partial charge is 0.212 e. The van der Waals surface area contributed by atoms with Crippen LogP contribution in [0.5, 0.6) is 0 Å². The standard InChI is InChI=1S/C9H15BrF3NO2S/c10-7-8(3-1-4-8)14-17(15,16)6-2-5-9(11,12)13/h14H,1-7H2. The molecule has 3 nitrogen and oxygen atoms in total. The molecular formula is C9H15BrF3NO2S. The van der Waals surface area contributed by atoms with Gasteiger partial charge < -0.3 is 0 Å². The molecule has 1 fully saturated rings. The average Bonchev–Trinajstić information content (AvgIpc) is 2.09. The Morgan fingerprint density at radius 3 is 2.24 bits per heavy atom. The van der Waals surface area contributed by atoms with Crippen LogP contribution >= 0.6 is 15.9 Å². The van der Waals surface area contributed by atoms with E-state index in [9.17, 15) is 21.6 Å². The van der Waals surface area contributed by atoms with Crippen molar-refractivity contribution in [2.24, 2.45) is 0 Å². The third-order valence-electron chi connectivity index (χ3n) is 2.81. The summed E-state index contributed by atoms with van der Waals surface area (Å²) in [6.45, 7) is 0. The number of sulfonamides is 1. The molecule has 0 aliphatic heterocycles. The van der Waals surface area contributed by atoms with Gasteiger partial charge in [-0.2, -0.15) is 13.2 Å². The van der Waals surface area contributed by atoms with Crippen LogP contribution in [0, 0.1) is 0 Å². The second-order valence-corrected chi connectivity index (χ2v) is 6.81. The molecule has 0 aromatic rings. The molecule has 102 valence electrons. The van der Waals surface area contributed by atoms with E-state index in [1.165, 1.54) is 0 Å². The lowest BCUT2D eigenvalue weighted by atomic mass is 9.80. The molecule has 0 bridgehead atoms. The molecule has 0 unspecified atom stereocenters. The van der Waals surface area contributed by atoms with Crippen molar-refractivity contribution in [1.29, 1.82) is 0 Å². The zero-order chi connectivity index (χ0) is 13.2. The molecular weight excluding hydrogens is 323 g/mol. The van der Waals surface area contributed by atoms with Gasteiger partial charge >= 0.3 is 6.18 Å². The number of halogens is 4. The van der Waals surface area contributed by atoms with Crippen LogP contribution in [0.4, 0.5) is 13.2 Å². The van der Waals surface area contributed by atoms with E-state index in [2.05, 4.69) is 20.7 Å². The Kier molecular flexibility index (Phi) is 4.88. The summed E-state index contributed by atoms with van der Waals surface area (Å²) in [5, 5.41) is 0.499. The van der Waals surface area contributed by atoms with Gasteiger partial charge in [-0.1, -0.05) is 15.9 Å². The summed E-state index contributed by atoms with van der Waals surface area (Å²) in [5.74, 6) is -0.471. The van der Waals surface area contributed by atoms with E-state index < -0.39 is 40.3 Å². The molecule has 8 heteroatoms. The summed E-state index contributed by atoms with van der Waals surface area (Å²) < 4.78 is 61.3. The molecule has 0 aromatic heterocycles. The van der Waals surface area contributed by atoms with Gasteiger partial charge in [-0.15, -0.1) is 0 Å². The third-order valence-corrected chi connectivity index (χ3v) is 5.46. The molecule has 0 radical (unpaired) electrons. The van der Waals surface area contributed by atoms with Crippen LogP contribution in [0.2, 0.25) is 0 Å². The number of nitrogens with one attached hydrogen (secondary N) is 1. The second-order valence-electron chi connectivity index (χ2n) is 4.41. The summed E-state index contributed by atoms with van der Waals surface area (Å²) in [7, 11) is -3.61. The maximum atomic E-state index is 11.9. The van der Waals surface area contributed by atoms with Crippen molar-refractivity contribution in [2.45, 2.75) is 43.8 Å². The molecule has 0 amide bonds. The minimum Gasteiger partial charge on any atom is -0.212 e. The largest absolute Gasteiger partial charge is 0.389 e. The molecule has 1 N–H and O–H groups in total. The fourth-order valence-electron chi connectivity index (χ4n) is 1.71. The monoisotopic (exact) mass is 337 g/mol. The Hall–Kier alpha value is 0.180. The van der Waals surface area contributed by atoms with E-state index in [0.29, 0.717) is 5.33 Å². The zero-order valence-electron chi connectivity index (χ0n) is 9.19. The fourth-order valence-corrected chi connectivity index (χ4v) is 4.16. The third kappa shape index (κ3) is 5.13. The first-order chi connectivity index (χ1) is 7.68. The number of hydrogen-bond acceptors (Lipinski definition) is 2. The summed E-state index contributed by atoms with van der Waals surface area (Å²) in [5.41, 5.74) is -0.475. The van der Waals surface area contributed by atoms with E-state index >= 15 is 0 Å². The number of alkyl halides is 4. The number of hydrogen-bond donors (Lipinski definition) is 1. The van der Waals surface area contributed by atoms with Gasteiger partial charge in [0, 0.05) is 17.3 Å². The Labute approximate surface area is 107 Å². The highest BCUT2D eigenvalue weighted by molar-refractivity contribution is 9.09. The quantitative estimate of drug-likeness (QED) is 0.757. The van der Waals surface area contributed by atoms with Crippen LogP contribution in [0.1, 0.15) is 32.1 Å². The van der Waals surface area contributed by atoms with E-state index in [4.69, 9.17) is 0 Å². The molecule has 17 heavy (non-hydrogen) atoms. The Morgan fingerprint density at radius 1 is 1.29 bits per heavy atom. The van der Waals surface area contributed by atoms with Gasteiger partial charge in [0.05, 0.1) is 5.75 Å². The van der Waals surface area contributed by atoms with Crippen LogP contribution in [0.15, 0.2) is 0 Å². The lowest BCUT2D eigenvalue weighted by molar-refractivity contribution is -0.134. The van der Waals surface area contributed by atoms with Gasteiger partial charge in [-0.25, -0.2) is 13.1 Å². The van der Waals surface area contributed by atoms with Crippen molar-refractivity contribution in [1.82, 2.24) is 4.72 Å². The molecule has 0 saturated heterocycles. The van der Waals surface area contributed by atoms with Crippen molar-refractivity contribution in [3.05, 3.63) is 0 Å². The lowest BCUT2D eigenvalue weighted by Gasteiger charge is -2.40. The maximum absolute atomic E-state index is 11.9. The van der Waals surface area contributed by atoms with E-state index in [1.807, 2.05) is 0 Å². The minimum atomic E-state index is -4.29. The fraction of sp³-hybridized carbons (Fsp3) is 1.00. The molecule has 1 saturated carbocycles. The van der Waals surface area contributed by atoms with Crippen molar-refractivity contribution in [3.8, 4) is 0 Å². The summed E-state index contributed by atoms with van der Waals surface area (Å²) in [4.78, 5) is 0. The van der Waals surface area contributed by atoms with Crippen LogP contribution in [0.25, 0.3) is 0 Å². The first-order valence-corrected chi connectivity index (χ1v) is 8.10. The summed E-state index contributed by atoms with van der Waals surface area (Å²) in [6, 6.07) is 0. The van der Waals surface area contributed by atoms with Crippen LogP contribution in [-0.4, -0.2) is 31.2 Å². The van der Waals surface area contributed by atoms with Crippen molar-refractivity contribution in [2.75, 3.05) is 11.1 Å². The Bertz CT molecular complexity index is 346. The highest BCUT2D eigenvalue weighted by Crippen LogP contribution is 2.34. The molecule has 0 aromatic carbocycles. The lowest BCUT2D eigenvalue weighted by Crippen LogP contribution is -2.55. The van der Waals surface area contributed by atoms with Gasteiger partial charge in [0.25, 0.3) is 0 Å². The predicted molar refractivity (Wildman–Crippen MR) is 62.6 cm³/mol. The predicted octanol–water partition coefficient (Wildman–Crippen LogP) is 2.57. The Balaban J connectivity index is 2.41. The highest BCUT2D eigenvalue weighted by atomic mass is 79.9. The van der Waals surface area contributed by atoms with Gasteiger partial charge in [0.15, 0.2) is 0 Å². The van der Waals surface area contributed by atoms with Gasteiger partial charge in [0.2, 0.25) is 10.0 Å². The van der Waals surface area contributed by atoms with Crippen molar-refractivity contribution >= 4 is 26.0 Å². The maximum Gasteiger partial charge on any atom is 0.389 e. The molecule has 0 atom stereocenters. The normalized spacial score (nSPS) is 20.0. The van der Waals surface area contributed by atoms with Crippen LogP contribution in [-0.2, 0) is 10.0 Å². The summed E-state index contributed by atoms with van der Waals surface area (Å²) in [6.07, 6.45) is -3.34. The first-order valence-electron chi connectivity index (χ1n) is 5.32. The van der Waals surface area contributed by atoms with Crippen LogP contribution < -0.4 is 4.72 Å².